The molecule has 0 radical (unpaired) electrons. The summed E-state index contributed by atoms with van der Waals surface area (Å²) in [4.78, 5) is 13.7. The Labute approximate surface area is 172 Å². The largest absolute Gasteiger partial charge is 0.375 e. The van der Waals surface area contributed by atoms with E-state index in [1.165, 1.54) is 29.3 Å². The molecule has 2 saturated heterocycles. The highest BCUT2D eigenvalue weighted by Crippen LogP contribution is 2.36. The lowest BCUT2D eigenvalue weighted by Gasteiger charge is -2.21. The predicted molar refractivity (Wildman–Crippen MR) is 112 cm³/mol. The van der Waals surface area contributed by atoms with Gasteiger partial charge in [0.05, 0.1) is 9.82 Å². The highest BCUT2D eigenvalue weighted by molar-refractivity contribution is 7.89. The zero-order valence-electron chi connectivity index (χ0n) is 16.9. The van der Waals surface area contributed by atoms with E-state index in [1.54, 1.807) is 6.07 Å². The number of nitrogens with one attached hydrogen (secondary N) is 1. The molecule has 3 fully saturated rings. The Hall–Kier alpha value is -1.71. The molecule has 2 heterocycles. The van der Waals surface area contributed by atoms with Gasteiger partial charge in [0.2, 0.25) is 10.0 Å². The van der Waals surface area contributed by atoms with Gasteiger partial charge in [0.15, 0.2) is 0 Å². The van der Waals surface area contributed by atoms with Crippen molar-refractivity contribution in [1.29, 1.82) is 0 Å². The lowest BCUT2D eigenvalue weighted by Crippen LogP contribution is -2.32. The fourth-order valence-electron chi connectivity index (χ4n) is 4.67. The molecule has 0 amide bonds. The Balaban J connectivity index is 1.54. The normalized spacial score (nSPS) is 26.9. The first-order valence-corrected chi connectivity index (χ1v) is 12.1. The standard InChI is InChI=1S/C20H30N4O4S/c1-15-12-16(14-23(15)17-6-7-17)21-19-9-8-18(13-20(19)24(25)26)29(27,28)22-10-4-2-3-5-11-22/h8-9,13,15-17,21H,2-7,10-12,14H2,1H3. The second-order valence-corrected chi connectivity index (χ2v) is 10.5. The van der Waals surface area contributed by atoms with E-state index in [0.717, 1.165) is 38.6 Å². The molecule has 1 aromatic carbocycles. The molecule has 2 atom stereocenters. The molecule has 0 spiro atoms. The van der Waals surface area contributed by atoms with E-state index >= 15 is 0 Å². The van der Waals surface area contributed by atoms with Crippen LogP contribution in [0.3, 0.4) is 0 Å². The third kappa shape index (κ3) is 4.41. The first-order valence-electron chi connectivity index (χ1n) is 10.7. The molecule has 1 aliphatic carbocycles. The van der Waals surface area contributed by atoms with Gasteiger partial charge in [0.25, 0.3) is 5.69 Å². The Morgan fingerprint density at radius 1 is 1.14 bits per heavy atom. The highest BCUT2D eigenvalue weighted by atomic mass is 32.2. The molecular weight excluding hydrogens is 392 g/mol. The number of nitro groups is 1. The molecule has 2 aliphatic heterocycles. The molecular formula is C20H30N4O4S. The van der Waals surface area contributed by atoms with Crippen LogP contribution in [0.1, 0.15) is 51.9 Å². The maximum Gasteiger partial charge on any atom is 0.293 e. The molecule has 9 heteroatoms. The van der Waals surface area contributed by atoms with Gasteiger partial charge in [0, 0.05) is 43.8 Å². The molecule has 4 rings (SSSR count). The van der Waals surface area contributed by atoms with Crippen LogP contribution in [0.2, 0.25) is 0 Å². The van der Waals surface area contributed by atoms with Gasteiger partial charge in [-0.05, 0) is 51.2 Å². The van der Waals surface area contributed by atoms with Gasteiger partial charge >= 0.3 is 0 Å². The second-order valence-electron chi connectivity index (χ2n) is 8.61. The number of hydrogen-bond donors (Lipinski definition) is 1. The van der Waals surface area contributed by atoms with Gasteiger partial charge in [-0.1, -0.05) is 12.8 Å². The van der Waals surface area contributed by atoms with Crippen molar-refractivity contribution < 1.29 is 13.3 Å². The molecule has 0 aromatic heterocycles. The summed E-state index contributed by atoms with van der Waals surface area (Å²) in [6, 6.07) is 5.55. The van der Waals surface area contributed by atoms with E-state index < -0.39 is 14.9 Å². The van der Waals surface area contributed by atoms with Crippen molar-refractivity contribution in [3.05, 3.63) is 28.3 Å². The number of benzene rings is 1. The average molecular weight is 423 g/mol. The number of sulfonamides is 1. The van der Waals surface area contributed by atoms with Crippen LogP contribution >= 0.6 is 0 Å². The summed E-state index contributed by atoms with van der Waals surface area (Å²) < 4.78 is 27.5. The number of anilines is 1. The third-order valence-electron chi connectivity index (χ3n) is 6.37. The van der Waals surface area contributed by atoms with Crippen molar-refractivity contribution in [3.63, 3.8) is 0 Å². The van der Waals surface area contributed by atoms with Crippen molar-refractivity contribution in [3.8, 4) is 0 Å². The monoisotopic (exact) mass is 422 g/mol. The summed E-state index contributed by atoms with van der Waals surface area (Å²) in [7, 11) is -3.71. The summed E-state index contributed by atoms with van der Waals surface area (Å²) in [6.07, 6.45) is 7.11. The zero-order valence-corrected chi connectivity index (χ0v) is 17.7. The molecule has 3 aliphatic rings. The topological polar surface area (TPSA) is 95.8 Å². The average Bonchev–Trinajstić information content (AvgIpc) is 3.49. The predicted octanol–water partition coefficient (Wildman–Crippen LogP) is 3.20. The maximum absolute atomic E-state index is 13.0. The highest BCUT2D eigenvalue weighted by Gasteiger charge is 2.39. The molecule has 8 nitrogen and oxygen atoms in total. The molecule has 1 aromatic rings. The van der Waals surface area contributed by atoms with Crippen LogP contribution in [0.25, 0.3) is 0 Å². The molecule has 1 saturated carbocycles. The minimum Gasteiger partial charge on any atom is -0.375 e. The Morgan fingerprint density at radius 2 is 1.83 bits per heavy atom. The van der Waals surface area contributed by atoms with Crippen LogP contribution in [-0.2, 0) is 10.0 Å². The molecule has 29 heavy (non-hydrogen) atoms. The van der Waals surface area contributed by atoms with E-state index in [2.05, 4.69) is 17.1 Å². The van der Waals surface area contributed by atoms with Crippen LogP contribution in [0.5, 0.6) is 0 Å². The van der Waals surface area contributed by atoms with Gasteiger partial charge in [-0.3, -0.25) is 15.0 Å². The Bertz CT molecular complexity index is 863. The van der Waals surface area contributed by atoms with Crippen LogP contribution in [0.4, 0.5) is 11.4 Å². The van der Waals surface area contributed by atoms with E-state index in [1.807, 2.05) is 0 Å². The Morgan fingerprint density at radius 3 is 2.45 bits per heavy atom. The van der Waals surface area contributed by atoms with E-state index in [4.69, 9.17) is 0 Å². The van der Waals surface area contributed by atoms with Gasteiger partial charge in [-0.2, -0.15) is 4.31 Å². The summed E-state index contributed by atoms with van der Waals surface area (Å²) in [5.74, 6) is 0. The van der Waals surface area contributed by atoms with Crippen LogP contribution in [0, 0.1) is 10.1 Å². The quantitative estimate of drug-likeness (QED) is 0.559. The van der Waals surface area contributed by atoms with Crippen molar-refractivity contribution >= 4 is 21.4 Å². The maximum atomic E-state index is 13.0. The van der Waals surface area contributed by atoms with Crippen molar-refractivity contribution in [2.75, 3.05) is 25.0 Å². The lowest BCUT2D eigenvalue weighted by atomic mass is 10.1. The van der Waals surface area contributed by atoms with E-state index in [9.17, 15) is 18.5 Å². The minimum absolute atomic E-state index is 0.0102. The van der Waals surface area contributed by atoms with E-state index in [-0.39, 0.29) is 16.6 Å². The SMILES string of the molecule is CC1CC(Nc2ccc(S(=O)(=O)N3CCCCCC3)cc2[N+](=O)[O-])CN1C1CC1. The van der Waals surface area contributed by atoms with Crippen LogP contribution < -0.4 is 5.32 Å². The first-order chi connectivity index (χ1) is 13.9. The molecule has 2 unspecified atom stereocenters. The van der Waals surface area contributed by atoms with Gasteiger partial charge < -0.3 is 5.32 Å². The number of hydrogen-bond acceptors (Lipinski definition) is 6. The summed E-state index contributed by atoms with van der Waals surface area (Å²) in [6.45, 7) is 4.03. The van der Waals surface area contributed by atoms with Crippen LogP contribution in [0.15, 0.2) is 23.1 Å². The number of likely N-dealkylation sites (tertiary alicyclic amines) is 1. The molecule has 1 N–H and O–H groups in total. The molecule has 160 valence electrons. The van der Waals surface area contributed by atoms with E-state index in [0.29, 0.717) is 30.9 Å². The number of rotatable bonds is 6. The minimum atomic E-state index is -3.71. The van der Waals surface area contributed by atoms with Crippen LogP contribution in [-0.4, -0.2) is 60.3 Å². The lowest BCUT2D eigenvalue weighted by molar-refractivity contribution is -0.384. The number of nitrogens with zero attached hydrogens (tertiary/aromatic N) is 3. The van der Waals surface area contributed by atoms with Gasteiger partial charge in [0.1, 0.15) is 5.69 Å². The molecule has 0 bridgehead atoms. The third-order valence-corrected chi connectivity index (χ3v) is 8.26. The summed E-state index contributed by atoms with van der Waals surface area (Å²) in [5.41, 5.74) is 0.234. The smallest absolute Gasteiger partial charge is 0.293 e. The zero-order chi connectivity index (χ0) is 20.6. The van der Waals surface area contributed by atoms with Gasteiger partial charge in [-0.15, -0.1) is 0 Å². The fourth-order valence-corrected chi connectivity index (χ4v) is 6.21. The van der Waals surface area contributed by atoms with Gasteiger partial charge in [-0.25, -0.2) is 8.42 Å². The van der Waals surface area contributed by atoms with Crippen molar-refractivity contribution in [2.24, 2.45) is 0 Å². The number of nitro benzene ring substituents is 1. The Kier molecular flexibility index (Phi) is 5.81. The van der Waals surface area contributed by atoms with Crippen molar-refractivity contribution in [2.45, 2.75) is 74.9 Å². The first kappa shape index (κ1) is 20.6. The fraction of sp³-hybridized carbons (Fsp3) is 0.700. The second kappa shape index (κ2) is 8.20. The van der Waals surface area contributed by atoms with Crippen molar-refractivity contribution in [1.82, 2.24) is 9.21 Å². The summed E-state index contributed by atoms with van der Waals surface area (Å²) >= 11 is 0. The summed E-state index contributed by atoms with van der Waals surface area (Å²) in [5, 5.41) is 15.0.